The summed E-state index contributed by atoms with van der Waals surface area (Å²) in [7, 11) is 0. The molecule has 3 N–H and O–H groups in total. The lowest BCUT2D eigenvalue weighted by atomic mass is 10.1. The molecule has 0 aliphatic rings. The highest BCUT2D eigenvalue weighted by Crippen LogP contribution is 2.20. The van der Waals surface area contributed by atoms with Crippen molar-refractivity contribution < 1.29 is 9.90 Å². The summed E-state index contributed by atoms with van der Waals surface area (Å²) in [4.78, 5) is 28.6. The third kappa shape index (κ3) is 3.67. The van der Waals surface area contributed by atoms with E-state index in [0.717, 1.165) is 10.0 Å². The van der Waals surface area contributed by atoms with Crippen LogP contribution in [0.25, 0.3) is 5.82 Å². The summed E-state index contributed by atoms with van der Waals surface area (Å²) in [6, 6.07) is 14.6. The normalized spacial score (nSPS) is 10.7. The molecule has 0 aliphatic heterocycles. The number of aromatic nitrogens is 2. The molecule has 6 nitrogen and oxygen atoms in total. The molecule has 1 amide bonds. The first-order chi connectivity index (χ1) is 12.5. The number of hydrogen-bond donors (Lipinski definition) is 2. The summed E-state index contributed by atoms with van der Waals surface area (Å²) in [6.45, 7) is 0. The van der Waals surface area contributed by atoms with Crippen LogP contribution >= 0.6 is 15.9 Å². The van der Waals surface area contributed by atoms with E-state index in [1.54, 1.807) is 18.3 Å². The highest BCUT2D eigenvalue weighted by Gasteiger charge is 2.20. The van der Waals surface area contributed by atoms with Crippen LogP contribution in [-0.2, 0) is 12.8 Å². The maximum atomic E-state index is 12.8. The summed E-state index contributed by atoms with van der Waals surface area (Å²) in [5, 5.41) is 10.1. The van der Waals surface area contributed by atoms with E-state index in [9.17, 15) is 14.7 Å². The zero-order valence-corrected chi connectivity index (χ0v) is 15.3. The van der Waals surface area contributed by atoms with Gasteiger partial charge in [-0.3, -0.25) is 14.2 Å². The van der Waals surface area contributed by atoms with Crippen molar-refractivity contribution in [3.8, 4) is 11.6 Å². The van der Waals surface area contributed by atoms with Crippen LogP contribution in [0.15, 0.2) is 64.0 Å². The molecule has 2 aromatic heterocycles. The van der Waals surface area contributed by atoms with Gasteiger partial charge in [-0.15, -0.1) is 0 Å². The Balaban J connectivity index is 2.11. The standard InChI is InChI=1S/C19H16BrN3O3/c20-13-7-9-16(22-11-13)23-14(8-6-12-4-2-1-3-5-12)10-15(24)17(18(21)25)19(23)26/h1-5,7,9-11,24H,6,8H2,(H2,21,25). The molecule has 0 bridgehead atoms. The van der Waals surface area contributed by atoms with Gasteiger partial charge in [-0.1, -0.05) is 30.3 Å². The lowest BCUT2D eigenvalue weighted by molar-refractivity contribution is 0.0996. The van der Waals surface area contributed by atoms with Crippen molar-refractivity contribution in [1.82, 2.24) is 9.55 Å². The maximum absolute atomic E-state index is 12.8. The maximum Gasteiger partial charge on any atom is 0.273 e. The van der Waals surface area contributed by atoms with Gasteiger partial charge in [0, 0.05) is 22.4 Å². The van der Waals surface area contributed by atoms with Crippen molar-refractivity contribution in [2.45, 2.75) is 12.8 Å². The number of carbonyl (C=O) groups is 1. The molecule has 1 aromatic carbocycles. The number of nitrogens with two attached hydrogens (primary N) is 1. The summed E-state index contributed by atoms with van der Waals surface area (Å²) in [6.07, 6.45) is 2.69. The second-order valence-electron chi connectivity index (χ2n) is 5.72. The quantitative estimate of drug-likeness (QED) is 0.671. The number of carbonyl (C=O) groups excluding carboxylic acids is 1. The molecule has 0 spiro atoms. The number of nitrogens with zero attached hydrogens (tertiary/aromatic N) is 2. The molecule has 26 heavy (non-hydrogen) atoms. The molecule has 7 heteroatoms. The predicted molar refractivity (Wildman–Crippen MR) is 102 cm³/mol. The fourth-order valence-electron chi connectivity index (χ4n) is 2.73. The molecule has 0 saturated heterocycles. The van der Waals surface area contributed by atoms with Gasteiger partial charge >= 0.3 is 0 Å². The number of primary amides is 1. The number of aryl methyl sites for hydroxylation is 2. The number of hydrogen-bond acceptors (Lipinski definition) is 4. The third-order valence-corrected chi connectivity index (χ3v) is 4.43. The van der Waals surface area contributed by atoms with Crippen LogP contribution in [-0.4, -0.2) is 20.6 Å². The van der Waals surface area contributed by atoms with Gasteiger partial charge < -0.3 is 10.8 Å². The first kappa shape index (κ1) is 17.9. The lowest BCUT2D eigenvalue weighted by Gasteiger charge is -2.14. The minimum absolute atomic E-state index is 0.351. The van der Waals surface area contributed by atoms with E-state index in [-0.39, 0.29) is 0 Å². The van der Waals surface area contributed by atoms with E-state index in [2.05, 4.69) is 20.9 Å². The molecule has 0 unspecified atom stereocenters. The topological polar surface area (TPSA) is 98.2 Å². The van der Waals surface area contributed by atoms with Crippen LogP contribution in [0.2, 0.25) is 0 Å². The van der Waals surface area contributed by atoms with Crippen molar-refractivity contribution in [3.63, 3.8) is 0 Å². The second kappa shape index (κ2) is 7.53. The minimum atomic E-state index is -0.979. The zero-order chi connectivity index (χ0) is 18.7. The van der Waals surface area contributed by atoms with Gasteiger partial charge in [0.15, 0.2) is 0 Å². The molecule has 0 atom stereocenters. The number of pyridine rings is 2. The Hall–Kier alpha value is -2.93. The largest absolute Gasteiger partial charge is 0.507 e. The van der Waals surface area contributed by atoms with Crippen LogP contribution in [0.4, 0.5) is 0 Å². The van der Waals surface area contributed by atoms with Crippen LogP contribution < -0.4 is 11.3 Å². The molecule has 3 aromatic rings. The van der Waals surface area contributed by atoms with Gasteiger partial charge in [-0.05, 0) is 46.5 Å². The lowest BCUT2D eigenvalue weighted by Crippen LogP contribution is -2.31. The molecule has 3 rings (SSSR count). The Morgan fingerprint density at radius 3 is 2.50 bits per heavy atom. The molecule has 0 aliphatic carbocycles. The van der Waals surface area contributed by atoms with Gasteiger partial charge in [0.2, 0.25) is 0 Å². The average Bonchev–Trinajstić information content (AvgIpc) is 2.61. The summed E-state index contributed by atoms with van der Waals surface area (Å²) >= 11 is 3.30. The van der Waals surface area contributed by atoms with Crippen LogP contribution in [0.3, 0.4) is 0 Å². The van der Waals surface area contributed by atoms with E-state index in [1.165, 1.54) is 10.6 Å². The Morgan fingerprint density at radius 1 is 1.15 bits per heavy atom. The van der Waals surface area contributed by atoms with Gasteiger partial charge in [0.25, 0.3) is 11.5 Å². The fourth-order valence-corrected chi connectivity index (χ4v) is 2.97. The molecular formula is C19H16BrN3O3. The van der Waals surface area contributed by atoms with Gasteiger partial charge in [0.1, 0.15) is 17.1 Å². The molecule has 0 saturated carbocycles. The fraction of sp³-hybridized carbons (Fsp3) is 0.105. The van der Waals surface area contributed by atoms with E-state index in [1.807, 2.05) is 30.3 Å². The average molecular weight is 414 g/mol. The highest BCUT2D eigenvalue weighted by molar-refractivity contribution is 9.10. The van der Waals surface area contributed by atoms with Crippen LogP contribution in [0.1, 0.15) is 21.6 Å². The molecule has 132 valence electrons. The smallest absolute Gasteiger partial charge is 0.273 e. The number of aromatic hydroxyl groups is 1. The molecule has 0 fully saturated rings. The SMILES string of the molecule is NC(=O)c1c(O)cc(CCc2ccccc2)n(-c2ccc(Br)cn2)c1=O. The number of rotatable bonds is 5. The Labute approximate surface area is 158 Å². The third-order valence-electron chi connectivity index (χ3n) is 3.96. The number of benzene rings is 1. The number of halogens is 1. The van der Waals surface area contributed by atoms with E-state index in [0.29, 0.717) is 24.4 Å². The van der Waals surface area contributed by atoms with Gasteiger partial charge in [0.05, 0.1) is 0 Å². The van der Waals surface area contributed by atoms with Crippen molar-refractivity contribution in [3.05, 3.63) is 86.4 Å². The van der Waals surface area contributed by atoms with E-state index < -0.39 is 22.8 Å². The predicted octanol–water partition coefficient (Wildman–Crippen LogP) is 2.58. The zero-order valence-electron chi connectivity index (χ0n) is 13.7. The summed E-state index contributed by atoms with van der Waals surface area (Å²) in [5.41, 5.74) is 5.76. The van der Waals surface area contributed by atoms with E-state index in [4.69, 9.17) is 5.73 Å². The second-order valence-corrected chi connectivity index (χ2v) is 6.64. The molecular weight excluding hydrogens is 398 g/mol. The van der Waals surface area contributed by atoms with Crippen molar-refractivity contribution in [1.29, 1.82) is 0 Å². The Bertz CT molecular complexity index is 999. The van der Waals surface area contributed by atoms with Gasteiger partial charge in [-0.25, -0.2) is 4.98 Å². The first-order valence-corrected chi connectivity index (χ1v) is 8.70. The van der Waals surface area contributed by atoms with Gasteiger partial charge in [-0.2, -0.15) is 0 Å². The van der Waals surface area contributed by atoms with Crippen molar-refractivity contribution in [2.24, 2.45) is 5.73 Å². The number of amides is 1. The molecule has 0 radical (unpaired) electrons. The Morgan fingerprint density at radius 2 is 1.88 bits per heavy atom. The van der Waals surface area contributed by atoms with Crippen molar-refractivity contribution in [2.75, 3.05) is 0 Å². The summed E-state index contributed by atoms with van der Waals surface area (Å²) in [5.74, 6) is -1.05. The molecule has 2 heterocycles. The minimum Gasteiger partial charge on any atom is -0.507 e. The summed E-state index contributed by atoms with van der Waals surface area (Å²) < 4.78 is 2.07. The van der Waals surface area contributed by atoms with Crippen LogP contribution in [0, 0.1) is 0 Å². The van der Waals surface area contributed by atoms with E-state index >= 15 is 0 Å². The Kier molecular flexibility index (Phi) is 5.18. The van der Waals surface area contributed by atoms with Crippen molar-refractivity contribution >= 4 is 21.8 Å². The monoisotopic (exact) mass is 413 g/mol. The first-order valence-electron chi connectivity index (χ1n) is 7.91. The van der Waals surface area contributed by atoms with Crippen LogP contribution in [0.5, 0.6) is 5.75 Å². The highest BCUT2D eigenvalue weighted by atomic mass is 79.9.